The van der Waals surface area contributed by atoms with Gasteiger partial charge in [0, 0.05) is 25.4 Å². The smallest absolute Gasteiger partial charge is 0.258 e. The number of rotatable bonds is 8. The van der Waals surface area contributed by atoms with Crippen molar-refractivity contribution >= 4 is 28.6 Å². The second-order valence-corrected chi connectivity index (χ2v) is 10.5. The van der Waals surface area contributed by atoms with E-state index in [9.17, 15) is 4.79 Å². The Morgan fingerprint density at radius 3 is 2.62 bits per heavy atom. The summed E-state index contributed by atoms with van der Waals surface area (Å²) >= 11 is 0. The zero-order valence-electron chi connectivity index (χ0n) is 22.1. The van der Waals surface area contributed by atoms with Crippen molar-refractivity contribution in [2.24, 2.45) is 5.41 Å². The highest BCUT2D eigenvalue weighted by Gasteiger charge is 2.49. The van der Waals surface area contributed by atoms with Gasteiger partial charge < -0.3 is 24.7 Å². The molecule has 0 saturated carbocycles. The number of H-pyrrole nitrogens is 1. The van der Waals surface area contributed by atoms with E-state index < -0.39 is 0 Å². The molecule has 0 bridgehead atoms. The molecule has 202 valence electrons. The Morgan fingerprint density at radius 2 is 1.93 bits per heavy atom. The molecule has 40 heavy (non-hydrogen) atoms. The van der Waals surface area contributed by atoms with Crippen LogP contribution >= 0.6 is 0 Å². The predicted molar refractivity (Wildman–Crippen MR) is 152 cm³/mol. The van der Waals surface area contributed by atoms with Crippen LogP contribution in [-0.4, -0.2) is 63.5 Å². The van der Waals surface area contributed by atoms with Crippen LogP contribution < -0.4 is 15.0 Å². The summed E-state index contributed by atoms with van der Waals surface area (Å²) in [4.78, 5) is 28.0. The molecule has 0 radical (unpaired) electrons. The Bertz CT molecular complexity index is 1630. The number of para-hydroxylation sites is 2. The first-order chi connectivity index (χ1) is 19.6. The van der Waals surface area contributed by atoms with Gasteiger partial charge in [0.15, 0.2) is 11.6 Å². The average molecular weight is 536 g/mol. The summed E-state index contributed by atoms with van der Waals surface area (Å²) in [5, 5.41) is 7.67. The number of carbonyl (C=O) groups is 1. The minimum absolute atomic E-state index is 0.270. The van der Waals surface area contributed by atoms with Gasteiger partial charge in [-0.25, -0.2) is 9.97 Å². The quantitative estimate of drug-likeness (QED) is 0.304. The fourth-order valence-corrected chi connectivity index (χ4v) is 5.29. The van der Waals surface area contributed by atoms with Crippen LogP contribution in [0.4, 0.5) is 11.6 Å². The molecule has 2 saturated heterocycles. The highest BCUT2D eigenvalue weighted by atomic mass is 16.5. The number of aromatic nitrogens is 5. The van der Waals surface area contributed by atoms with Crippen molar-refractivity contribution in [2.45, 2.75) is 13.5 Å². The number of nitrogens with zero attached hydrogens (tertiary/aromatic N) is 5. The van der Waals surface area contributed by atoms with Crippen LogP contribution in [0.3, 0.4) is 0 Å². The third-order valence-corrected chi connectivity index (χ3v) is 7.42. The number of carbonyl (C=O) groups excluding carboxylic acids is 1. The van der Waals surface area contributed by atoms with E-state index >= 15 is 0 Å². The summed E-state index contributed by atoms with van der Waals surface area (Å²) in [6.07, 6.45) is 1.62. The Balaban J connectivity index is 1.12. The van der Waals surface area contributed by atoms with Gasteiger partial charge in [0.05, 0.1) is 48.4 Å². The Hall–Kier alpha value is -4.70. The maximum atomic E-state index is 13.1. The summed E-state index contributed by atoms with van der Waals surface area (Å²) in [7, 11) is 0. The summed E-state index contributed by atoms with van der Waals surface area (Å²) in [6, 6.07) is 21.3. The van der Waals surface area contributed by atoms with Crippen molar-refractivity contribution < 1.29 is 14.3 Å². The second-order valence-electron chi connectivity index (χ2n) is 10.5. The van der Waals surface area contributed by atoms with Gasteiger partial charge in [-0.3, -0.25) is 9.48 Å². The number of benzene rings is 2. The zero-order valence-corrected chi connectivity index (χ0v) is 22.1. The van der Waals surface area contributed by atoms with Gasteiger partial charge in [-0.05, 0) is 48.9 Å². The van der Waals surface area contributed by atoms with E-state index in [4.69, 9.17) is 19.6 Å². The molecule has 10 nitrogen and oxygen atoms in total. The van der Waals surface area contributed by atoms with Gasteiger partial charge in [-0.2, -0.15) is 5.10 Å². The predicted octanol–water partition coefficient (Wildman–Crippen LogP) is 4.36. The van der Waals surface area contributed by atoms with Gasteiger partial charge >= 0.3 is 0 Å². The number of hydrogen-bond donors (Lipinski definition) is 2. The highest BCUT2D eigenvalue weighted by molar-refractivity contribution is 6.03. The van der Waals surface area contributed by atoms with E-state index in [1.807, 2.05) is 72.3 Å². The van der Waals surface area contributed by atoms with Crippen molar-refractivity contribution in [2.75, 3.05) is 43.1 Å². The molecule has 2 fully saturated rings. The van der Waals surface area contributed by atoms with Crippen molar-refractivity contribution in [1.82, 2.24) is 24.7 Å². The van der Waals surface area contributed by atoms with Crippen LogP contribution in [0, 0.1) is 5.41 Å². The molecule has 1 amide bonds. The minimum Gasteiger partial charge on any atom is -0.494 e. The molecule has 7 rings (SSSR count). The number of nitrogens with one attached hydrogen (secondary N) is 2. The van der Waals surface area contributed by atoms with E-state index in [0.29, 0.717) is 35.8 Å². The maximum absolute atomic E-state index is 13.1. The van der Waals surface area contributed by atoms with Crippen molar-refractivity contribution in [3.05, 3.63) is 84.1 Å². The van der Waals surface area contributed by atoms with Crippen LogP contribution in [0.1, 0.15) is 22.8 Å². The van der Waals surface area contributed by atoms with E-state index in [-0.39, 0.29) is 5.91 Å². The summed E-state index contributed by atoms with van der Waals surface area (Å²) in [6.45, 7) is 6.61. The van der Waals surface area contributed by atoms with E-state index in [1.54, 1.807) is 12.3 Å². The van der Waals surface area contributed by atoms with Crippen LogP contribution in [0.25, 0.3) is 22.6 Å². The lowest BCUT2D eigenvalue weighted by Crippen LogP contribution is -2.66. The molecule has 0 unspecified atom stereocenters. The summed E-state index contributed by atoms with van der Waals surface area (Å²) in [5.41, 5.74) is 4.38. The number of aromatic amines is 1. The van der Waals surface area contributed by atoms with E-state index in [2.05, 4.69) is 20.2 Å². The first-order valence-electron chi connectivity index (χ1n) is 13.4. The van der Waals surface area contributed by atoms with Crippen molar-refractivity contribution in [3.63, 3.8) is 0 Å². The van der Waals surface area contributed by atoms with Crippen LogP contribution in [0.5, 0.6) is 5.75 Å². The Morgan fingerprint density at radius 1 is 1.10 bits per heavy atom. The molecule has 5 heterocycles. The molecule has 2 aliphatic rings. The van der Waals surface area contributed by atoms with Gasteiger partial charge in [-0.1, -0.05) is 24.3 Å². The number of amides is 1. The third kappa shape index (κ3) is 4.56. The van der Waals surface area contributed by atoms with E-state index in [1.165, 1.54) is 0 Å². The average Bonchev–Trinajstić information content (AvgIpc) is 3.52. The zero-order chi connectivity index (χ0) is 27.1. The third-order valence-electron chi connectivity index (χ3n) is 7.42. The van der Waals surface area contributed by atoms with Crippen molar-refractivity contribution in [1.29, 1.82) is 0 Å². The molecule has 2 N–H and O–H groups in total. The monoisotopic (exact) mass is 535 g/mol. The fourth-order valence-electron chi connectivity index (χ4n) is 5.29. The topological polar surface area (TPSA) is 110 Å². The molecule has 0 atom stereocenters. The molecular formula is C30H29N7O3. The molecule has 0 aliphatic carbocycles. The van der Waals surface area contributed by atoms with Gasteiger partial charge in [0.1, 0.15) is 17.3 Å². The lowest BCUT2D eigenvalue weighted by molar-refractivity contribution is -0.127. The molecule has 10 heteroatoms. The standard InChI is InChI=1S/C30H29N7O3/c1-2-40-22-10-7-20(8-11-22)15-37-25(28-32-23-5-3-4-6-24(23)33-28)13-26(35-37)34-29(38)21-9-12-27(31-14-21)36-16-30(17-36)18-39-19-30/h3-14H,2,15-19H2,1H3,(H,32,33)(H,34,35,38). The second kappa shape index (κ2) is 9.80. The van der Waals surface area contributed by atoms with Crippen LogP contribution in [-0.2, 0) is 11.3 Å². The summed E-state index contributed by atoms with van der Waals surface area (Å²) in [5.74, 6) is 2.54. The number of ether oxygens (including phenoxy) is 2. The minimum atomic E-state index is -0.270. The number of anilines is 2. The largest absolute Gasteiger partial charge is 0.494 e. The summed E-state index contributed by atoms with van der Waals surface area (Å²) < 4.78 is 12.8. The molecule has 5 aromatic rings. The number of fused-ring (bicyclic) bond motifs is 1. The Labute approximate surface area is 231 Å². The number of pyridine rings is 1. The van der Waals surface area contributed by atoms with Gasteiger partial charge in [0.25, 0.3) is 5.91 Å². The van der Waals surface area contributed by atoms with Crippen LogP contribution in [0.2, 0.25) is 0 Å². The highest BCUT2D eigenvalue weighted by Crippen LogP contribution is 2.39. The van der Waals surface area contributed by atoms with Crippen LogP contribution in [0.15, 0.2) is 72.9 Å². The first kappa shape index (κ1) is 24.3. The fraction of sp³-hybridized carbons (Fsp3) is 0.267. The first-order valence-corrected chi connectivity index (χ1v) is 13.4. The molecule has 2 aromatic carbocycles. The molecule has 3 aromatic heterocycles. The lowest BCUT2D eigenvalue weighted by Gasteiger charge is -2.55. The number of hydrogen-bond acceptors (Lipinski definition) is 7. The SMILES string of the molecule is CCOc1ccc(Cn2nc(NC(=O)c3ccc(N4CC5(COC5)C4)nc3)cc2-c2nc3ccccc3[nH]2)cc1. The lowest BCUT2D eigenvalue weighted by atomic mass is 9.78. The van der Waals surface area contributed by atoms with Crippen molar-refractivity contribution in [3.8, 4) is 17.3 Å². The van der Waals surface area contributed by atoms with Gasteiger partial charge in [0.2, 0.25) is 0 Å². The molecule has 1 spiro atoms. The number of imidazole rings is 1. The molecule has 2 aliphatic heterocycles. The molecular weight excluding hydrogens is 506 g/mol. The van der Waals surface area contributed by atoms with E-state index in [0.717, 1.165) is 60.2 Å². The Kier molecular flexibility index (Phi) is 5.96. The maximum Gasteiger partial charge on any atom is 0.258 e. The van der Waals surface area contributed by atoms with Gasteiger partial charge in [-0.15, -0.1) is 0 Å². The normalized spacial score (nSPS) is 15.6.